The van der Waals surface area contributed by atoms with Crippen LogP contribution in [0.2, 0.25) is 0 Å². The Kier molecular flexibility index (Phi) is 3.22. The van der Waals surface area contributed by atoms with E-state index in [9.17, 15) is 8.78 Å². The fourth-order valence-electron chi connectivity index (χ4n) is 1.000. The summed E-state index contributed by atoms with van der Waals surface area (Å²) >= 11 is 2.87. The highest BCUT2D eigenvalue weighted by atomic mass is 79.9. The monoisotopic (exact) mass is 251 g/mol. The maximum atomic E-state index is 13.1. The van der Waals surface area contributed by atoms with Crippen LogP contribution in [0.4, 0.5) is 8.78 Å². The molecule has 2 nitrogen and oxygen atoms in total. The zero-order valence-electron chi connectivity index (χ0n) is 6.90. The minimum atomic E-state index is -1.02. The van der Waals surface area contributed by atoms with Crippen LogP contribution in [0.5, 0.6) is 5.75 Å². The fraction of sp³-hybridized carbons (Fsp3) is 0.250. The molecule has 0 heterocycles. The Hall–Kier alpha value is -0.680. The maximum absolute atomic E-state index is 13.1. The predicted molar refractivity (Wildman–Crippen MR) is 48.5 cm³/mol. The Balaban J connectivity index is 3.39. The van der Waals surface area contributed by atoms with Gasteiger partial charge in [-0.2, -0.15) is 4.39 Å². The highest BCUT2D eigenvalue weighted by molar-refractivity contribution is 9.10. The van der Waals surface area contributed by atoms with Gasteiger partial charge in [0.15, 0.2) is 11.6 Å². The Labute approximate surface area is 82.8 Å². The summed E-state index contributed by atoms with van der Waals surface area (Å²) in [6.45, 7) is 0.0962. The Morgan fingerprint density at radius 1 is 1.46 bits per heavy atom. The summed E-state index contributed by atoms with van der Waals surface area (Å²) in [5, 5.41) is 0. The van der Waals surface area contributed by atoms with Crippen molar-refractivity contribution in [3.05, 3.63) is 27.7 Å². The van der Waals surface area contributed by atoms with E-state index in [1.807, 2.05) is 0 Å². The first-order chi connectivity index (χ1) is 6.11. The van der Waals surface area contributed by atoms with Crippen molar-refractivity contribution < 1.29 is 13.5 Å². The van der Waals surface area contributed by atoms with Gasteiger partial charge in [-0.15, -0.1) is 0 Å². The third-order valence-corrected chi connectivity index (χ3v) is 2.20. The number of halogens is 3. The van der Waals surface area contributed by atoms with E-state index in [0.29, 0.717) is 5.56 Å². The molecule has 0 aliphatic rings. The SMILES string of the molecule is COc1c(CN)cc(Br)c(F)c1F. The van der Waals surface area contributed by atoms with Crippen LogP contribution in [0.1, 0.15) is 5.56 Å². The molecule has 1 aromatic carbocycles. The predicted octanol–water partition coefficient (Wildman–Crippen LogP) is 2.19. The number of methoxy groups -OCH3 is 1. The minimum Gasteiger partial charge on any atom is -0.493 e. The summed E-state index contributed by atoms with van der Waals surface area (Å²) in [6, 6.07) is 1.40. The van der Waals surface area contributed by atoms with Crippen molar-refractivity contribution in [1.29, 1.82) is 0 Å². The van der Waals surface area contributed by atoms with Crippen LogP contribution in [0.15, 0.2) is 10.5 Å². The quantitative estimate of drug-likeness (QED) is 0.819. The average Bonchev–Trinajstić information content (AvgIpc) is 2.13. The van der Waals surface area contributed by atoms with Gasteiger partial charge in [-0.1, -0.05) is 0 Å². The van der Waals surface area contributed by atoms with Crippen LogP contribution in [0.3, 0.4) is 0 Å². The summed E-state index contributed by atoms with van der Waals surface area (Å²) < 4.78 is 30.8. The second kappa shape index (κ2) is 4.02. The van der Waals surface area contributed by atoms with Gasteiger partial charge < -0.3 is 10.5 Å². The van der Waals surface area contributed by atoms with E-state index in [4.69, 9.17) is 5.73 Å². The van der Waals surface area contributed by atoms with Gasteiger partial charge in [0.25, 0.3) is 0 Å². The molecule has 72 valence electrons. The van der Waals surface area contributed by atoms with Crippen molar-refractivity contribution in [3.63, 3.8) is 0 Å². The van der Waals surface area contributed by atoms with Crippen LogP contribution >= 0.6 is 15.9 Å². The average molecular weight is 252 g/mol. The molecule has 0 radical (unpaired) electrons. The topological polar surface area (TPSA) is 35.2 Å². The molecular formula is C8H8BrF2NO. The van der Waals surface area contributed by atoms with E-state index in [1.54, 1.807) is 0 Å². The van der Waals surface area contributed by atoms with Gasteiger partial charge in [0, 0.05) is 12.1 Å². The van der Waals surface area contributed by atoms with Crippen LogP contribution in [-0.2, 0) is 6.54 Å². The molecule has 1 aromatic rings. The van der Waals surface area contributed by atoms with Gasteiger partial charge in [0.1, 0.15) is 0 Å². The van der Waals surface area contributed by atoms with Crippen molar-refractivity contribution >= 4 is 15.9 Å². The third-order valence-electron chi connectivity index (χ3n) is 1.62. The van der Waals surface area contributed by atoms with Crippen molar-refractivity contribution in [1.82, 2.24) is 0 Å². The van der Waals surface area contributed by atoms with Crippen molar-refractivity contribution in [2.75, 3.05) is 7.11 Å². The Morgan fingerprint density at radius 2 is 2.08 bits per heavy atom. The normalized spacial score (nSPS) is 10.2. The lowest BCUT2D eigenvalue weighted by Gasteiger charge is -2.09. The fourth-order valence-corrected chi connectivity index (χ4v) is 1.45. The van der Waals surface area contributed by atoms with Crippen LogP contribution < -0.4 is 10.5 Å². The third kappa shape index (κ3) is 1.81. The zero-order valence-corrected chi connectivity index (χ0v) is 8.49. The van der Waals surface area contributed by atoms with Gasteiger partial charge in [-0.25, -0.2) is 4.39 Å². The Morgan fingerprint density at radius 3 is 2.54 bits per heavy atom. The second-order valence-corrected chi connectivity index (χ2v) is 3.24. The number of hydrogen-bond donors (Lipinski definition) is 1. The van der Waals surface area contributed by atoms with E-state index < -0.39 is 11.6 Å². The van der Waals surface area contributed by atoms with Gasteiger partial charge in [-0.05, 0) is 22.0 Å². The van der Waals surface area contributed by atoms with Crippen molar-refractivity contribution in [3.8, 4) is 5.75 Å². The number of hydrogen-bond acceptors (Lipinski definition) is 2. The summed E-state index contributed by atoms with van der Waals surface area (Å²) in [4.78, 5) is 0. The van der Waals surface area contributed by atoms with Crippen LogP contribution in [0, 0.1) is 11.6 Å². The molecule has 0 saturated heterocycles. The summed E-state index contributed by atoms with van der Waals surface area (Å²) in [7, 11) is 1.27. The molecule has 0 saturated carbocycles. The molecule has 0 aliphatic carbocycles. The summed E-state index contributed by atoms with van der Waals surface area (Å²) in [6.07, 6.45) is 0. The Bertz CT molecular complexity index is 330. The number of nitrogens with two attached hydrogens (primary N) is 1. The van der Waals surface area contributed by atoms with Crippen LogP contribution in [-0.4, -0.2) is 7.11 Å². The largest absolute Gasteiger partial charge is 0.493 e. The second-order valence-electron chi connectivity index (χ2n) is 2.38. The minimum absolute atomic E-state index is 0.0475. The van der Waals surface area contributed by atoms with Gasteiger partial charge in [-0.3, -0.25) is 0 Å². The molecule has 0 fully saturated rings. The molecule has 0 atom stereocenters. The molecular weight excluding hydrogens is 244 g/mol. The highest BCUT2D eigenvalue weighted by Crippen LogP contribution is 2.30. The first-order valence-electron chi connectivity index (χ1n) is 3.52. The lowest BCUT2D eigenvalue weighted by atomic mass is 10.2. The molecule has 0 bridgehead atoms. The number of rotatable bonds is 2. The highest BCUT2D eigenvalue weighted by Gasteiger charge is 2.16. The zero-order chi connectivity index (χ0) is 10.0. The molecule has 0 spiro atoms. The first-order valence-corrected chi connectivity index (χ1v) is 4.31. The maximum Gasteiger partial charge on any atom is 0.202 e. The van der Waals surface area contributed by atoms with E-state index in [1.165, 1.54) is 13.2 Å². The van der Waals surface area contributed by atoms with Crippen LogP contribution in [0.25, 0.3) is 0 Å². The molecule has 1 rings (SSSR count). The summed E-state index contributed by atoms with van der Waals surface area (Å²) in [5.41, 5.74) is 5.75. The molecule has 13 heavy (non-hydrogen) atoms. The molecule has 0 aliphatic heterocycles. The lowest BCUT2D eigenvalue weighted by molar-refractivity contribution is 0.366. The summed E-state index contributed by atoms with van der Waals surface area (Å²) in [5.74, 6) is -2.12. The van der Waals surface area contributed by atoms with Gasteiger partial charge in [0.05, 0.1) is 11.6 Å². The molecule has 5 heteroatoms. The van der Waals surface area contributed by atoms with Gasteiger partial charge in [0.2, 0.25) is 5.82 Å². The molecule has 0 unspecified atom stereocenters. The standard InChI is InChI=1S/C8H8BrF2NO/c1-13-8-4(3-12)2-5(9)6(10)7(8)11/h2H,3,12H2,1H3. The van der Waals surface area contributed by atoms with Crippen molar-refractivity contribution in [2.24, 2.45) is 5.73 Å². The number of benzene rings is 1. The molecule has 0 amide bonds. The molecule has 0 aromatic heterocycles. The number of ether oxygens (including phenoxy) is 1. The van der Waals surface area contributed by atoms with Crippen molar-refractivity contribution in [2.45, 2.75) is 6.54 Å². The van der Waals surface area contributed by atoms with E-state index in [-0.39, 0.29) is 16.8 Å². The van der Waals surface area contributed by atoms with E-state index in [2.05, 4.69) is 20.7 Å². The lowest BCUT2D eigenvalue weighted by Crippen LogP contribution is -2.04. The smallest absolute Gasteiger partial charge is 0.202 e. The van der Waals surface area contributed by atoms with Gasteiger partial charge >= 0.3 is 0 Å². The van der Waals surface area contributed by atoms with E-state index in [0.717, 1.165) is 0 Å². The molecule has 2 N–H and O–H groups in total. The first kappa shape index (κ1) is 10.4. The van der Waals surface area contributed by atoms with E-state index >= 15 is 0 Å².